The van der Waals surface area contributed by atoms with Gasteiger partial charge in [-0.3, -0.25) is 9.36 Å². The molecule has 0 aliphatic carbocycles. The fourth-order valence-corrected chi connectivity index (χ4v) is 4.23. The standard InChI is InChI=1S/C25H20N4O2S/c30-23(26-21-13-12-18-7-4-5-10-20(18)15-21)17-32-25-28-27-24(19-8-2-1-3-9-19)29(25)16-22-11-6-14-31-22/h1-15H,16-17H2,(H,26,30). The van der Waals surface area contributed by atoms with Gasteiger partial charge in [-0.1, -0.05) is 72.4 Å². The molecule has 5 aromatic rings. The Balaban J connectivity index is 1.33. The Morgan fingerprint density at radius 3 is 2.53 bits per heavy atom. The first kappa shape index (κ1) is 20.1. The van der Waals surface area contributed by atoms with Crippen LogP contribution in [-0.4, -0.2) is 26.4 Å². The van der Waals surface area contributed by atoms with Crippen molar-refractivity contribution < 1.29 is 9.21 Å². The van der Waals surface area contributed by atoms with Gasteiger partial charge in [-0.15, -0.1) is 10.2 Å². The third-order valence-corrected chi connectivity index (χ3v) is 5.98. The minimum atomic E-state index is -0.0981. The average Bonchev–Trinajstić information content (AvgIpc) is 3.49. The highest BCUT2D eigenvalue weighted by atomic mass is 32.2. The molecule has 158 valence electrons. The van der Waals surface area contributed by atoms with Crippen molar-refractivity contribution in [3.63, 3.8) is 0 Å². The number of anilines is 1. The molecule has 0 atom stereocenters. The van der Waals surface area contributed by atoms with Gasteiger partial charge in [0, 0.05) is 11.3 Å². The lowest BCUT2D eigenvalue weighted by Gasteiger charge is -2.09. The van der Waals surface area contributed by atoms with Gasteiger partial charge in [0.2, 0.25) is 5.91 Å². The lowest BCUT2D eigenvalue weighted by Crippen LogP contribution is -2.14. The quantitative estimate of drug-likeness (QED) is 0.340. The third-order valence-electron chi connectivity index (χ3n) is 5.01. The van der Waals surface area contributed by atoms with Crippen molar-refractivity contribution in [1.29, 1.82) is 0 Å². The number of benzene rings is 3. The van der Waals surface area contributed by atoms with Gasteiger partial charge in [0.05, 0.1) is 18.6 Å². The van der Waals surface area contributed by atoms with Gasteiger partial charge in [0.15, 0.2) is 11.0 Å². The molecule has 6 nitrogen and oxygen atoms in total. The fraction of sp³-hybridized carbons (Fsp3) is 0.0800. The van der Waals surface area contributed by atoms with E-state index in [-0.39, 0.29) is 11.7 Å². The van der Waals surface area contributed by atoms with Crippen molar-refractivity contribution in [3.8, 4) is 11.4 Å². The second kappa shape index (κ2) is 9.11. The highest BCUT2D eigenvalue weighted by Crippen LogP contribution is 2.26. The van der Waals surface area contributed by atoms with Crippen LogP contribution in [0.2, 0.25) is 0 Å². The Morgan fingerprint density at radius 1 is 0.906 bits per heavy atom. The van der Waals surface area contributed by atoms with E-state index in [1.54, 1.807) is 6.26 Å². The number of hydrogen-bond donors (Lipinski definition) is 1. The van der Waals surface area contributed by atoms with Crippen LogP contribution in [0.5, 0.6) is 0 Å². The molecule has 0 saturated carbocycles. The van der Waals surface area contributed by atoms with Crippen molar-refractivity contribution in [2.75, 3.05) is 11.1 Å². The zero-order valence-corrected chi connectivity index (χ0v) is 18.0. The van der Waals surface area contributed by atoms with Gasteiger partial charge < -0.3 is 9.73 Å². The largest absolute Gasteiger partial charge is 0.467 e. The van der Waals surface area contributed by atoms with E-state index in [0.717, 1.165) is 33.6 Å². The molecule has 2 aromatic heterocycles. The number of carbonyl (C=O) groups excluding carboxylic acids is 1. The maximum atomic E-state index is 12.6. The summed E-state index contributed by atoms with van der Waals surface area (Å²) in [6.07, 6.45) is 1.64. The van der Waals surface area contributed by atoms with E-state index in [9.17, 15) is 4.79 Å². The van der Waals surface area contributed by atoms with E-state index < -0.39 is 0 Å². The molecule has 0 fully saturated rings. The Labute approximate surface area is 189 Å². The van der Waals surface area contributed by atoms with Crippen LogP contribution in [0.1, 0.15) is 5.76 Å². The summed E-state index contributed by atoms with van der Waals surface area (Å²) in [5.41, 5.74) is 1.73. The lowest BCUT2D eigenvalue weighted by molar-refractivity contribution is -0.113. The number of amides is 1. The van der Waals surface area contributed by atoms with Crippen molar-refractivity contribution in [3.05, 3.63) is 97.0 Å². The van der Waals surface area contributed by atoms with Gasteiger partial charge in [-0.25, -0.2) is 0 Å². The SMILES string of the molecule is O=C(CSc1nnc(-c2ccccc2)n1Cc1ccco1)Nc1ccc2ccccc2c1. The Bertz CT molecular complexity index is 1350. The fourth-order valence-electron chi connectivity index (χ4n) is 3.49. The Morgan fingerprint density at radius 2 is 1.72 bits per heavy atom. The van der Waals surface area contributed by atoms with Crippen LogP contribution in [0.3, 0.4) is 0 Å². The predicted octanol–water partition coefficient (Wildman–Crippen LogP) is 5.47. The molecule has 3 aromatic carbocycles. The molecular weight excluding hydrogens is 420 g/mol. The molecule has 32 heavy (non-hydrogen) atoms. The first-order valence-corrected chi connectivity index (χ1v) is 11.2. The number of thioether (sulfide) groups is 1. The number of rotatable bonds is 7. The molecule has 0 spiro atoms. The van der Waals surface area contributed by atoms with Gasteiger partial charge in [0.25, 0.3) is 0 Å². The molecule has 1 N–H and O–H groups in total. The number of furan rings is 1. The first-order chi connectivity index (χ1) is 15.8. The number of nitrogens with one attached hydrogen (secondary N) is 1. The van der Waals surface area contributed by atoms with Crippen molar-refractivity contribution in [1.82, 2.24) is 14.8 Å². The van der Waals surface area contributed by atoms with Gasteiger partial charge >= 0.3 is 0 Å². The summed E-state index contributed by atoms with van der Waals surface area (Å²) in [6, 6.07) is 27.6. The van der Waals surface area contributed by atoms with E-state index in [2.05, 4.69) is 15.5 Å². The number of hydrogen-bond acceptors (Lipinski definition) is 5. The molecule has 0 aliphatic heterocycles. The molecule has 1 amide bonds. The minimum Gasteiger partial charge on any atom is -0.467 e. The molecule has 0 radical (unpaired) electrons. The summed E-state index contributed by atoms with van der Waals surface area (Å²) in [5, 5.41) is 14.6. The third kappa shape index (κ3) is 4.43. The molecule has 0 aliphatic rings. The maximum Gasteiger partial charge on any atom is 0.234 e. The average molecular weight is 441 g/mol. The second-order valence-electron chi connectivity index (χ2n) is 7.24. The Kier molecular flexibility index (Phi) is 5.72. The summed E-state index contributed by atoms with van der Waals surface area (Å²) >= 11 is 1.35. The van der Waals surface area contributed by atoms with Crippen molar-refractivity contribution >= 4 is 34.1 Å². The van der Waals surface area contributed by atoms with Crippen LogP contribution in [-0.2, 0) is 11.3 Å². The molecule has 2 heterocycles. The predicted molar refractivity (Wildman–Crippen MR) is 127 cm³/mol. The first-order valence-electron chi connectivity index (χ1n) is 10.2. The highest BCUT2D eigenvalue weighted by molar-refractivity contribution is 7.99. The molecular formula is C25H20N4O2S. The van der Waals surface area contributed by atoms with Crippen LogP contribution in [0.25, 0.3) is 22.2 Å². The normalized spacial score (nSPS) is 11.0. The van der Waals surface area contributed by atoms with Gasteiger partial charge in [0.1, 0.15) is 5.76 Å². The topological polar surface area (TPSA) is 73.0 Å². The van der Waals surface area contributed by atoms with Crippen molar-refractivity contribution in [2.24, 2.45) is 0 Å². The highest BCUT2D eigenvalue weighted by Gasteiger charge is 2.17. The lowest BCUT2D eigenvalue weighted by atomic mass is 10.1. The zero-order chi connectivity index (χ0) is 21.8. The molecule has 7 heteroatoms. The number of fused-ring (bicyclic) bond motifs is 1. The molecule has 0 saturated heterocycles. The zero-order valence-electron chi connectivity index (χ0n) is 17.1. The van der Waals surface area contributed by atoms with Gasteiger partial charge in [-0.05, 0) is 35.0 Å². The summed E-state index contributed by atoms with van der Waals surface area (Å²) in [4.78, 5) is 12.6. The van der Waals surface area contributed by atoms with Crippen LogP contribution in [0.15, 0.2) is 101 Å². The van der Waals surface area contributed by atoms with Gasteiger partial charge in [-0.2, -0.15) is 0 Å². The summed E-state index contributed by atoms with van der Waals surface area (Å²) in [6.45, 7) is 0.485. The number of nitrogens with zero attached hydrogens (tertiary/aromatic N) is 3. The van der Waals surface area contributed by atoms with Crippen LogP contribution in [0.4, 0.5) is 5.69 Å². The summed E-state index contributed by atoms with van der Waals surface area (Å²) in [7, 11) is 0. The van der Waals surface area contributed by atoms with E-state index in [0.29, 0.717) is 11.7 Å². The van der Waals surface area contributed by atoms with E-state index in [1.807, 2.05) is 89.5 Å². The van der Waals surface area contributed by atoms with E-state index >= 15 is 0 Å². The smallest absolute Gasteiger partial charge is 0.234 e. The Hall–Kier alpha value is -3.84. The second-order valence-corrected chi connectivity index (χ2v) is 8.18. The van der Waals surface area contributed by atoms with E-state index in [1.165, 1.54) is 11.8 Å². The minimum absolute atomic E-state index is 0.0981. The van der Waals surface area contributed by atoms with Crippen LogP contribution in [0, 0.1) is 0 Å². The maximum absolute atomic E-state index is 12.6. The van der Waals surface area contributed by atoms with Crippen LogP contribution < -0.4 is 5.32 Å². The van der Waals surface area contributed by atoms with Crippen LogP contribution >= 0.6 is 11.8 Å². The number of carbonyl (C=O) groups is 1. The molecule has 0 unspecified atom stereocenters. The molecule has 0 bridgehead atoms. The number of aromatic nitrogens is 3. The summed E-state index contributed by atoms with van der Waals surface area (Å²) < 4.78 is 7.50. The molecule has 5 rings (SSSR count). The summed E-state index contributed by atoms with van der Waals surface area (Å²) in [5.74, 6) is 1.65. The van der Waals surface area contributed by atoms with Crippen molar-refractivity contribution in [2.45, 2.75) is 11.7 Å². The monoisotopic (exact) mass is 440 g/mol. The van der Waals surface area contributed by atoms with E-state index in [4.69, 9.17) is 4.42 Å².